The Balaban J connectivity index is 2.47. The van der Waals surface area contributed by atoms with Gasteiger partial charge < -0.3 is 5.32 Å². The van der Waals surface area contributed by atoms with Crippen molar-refractivity contribution in [3.05, 3.63) is 12.4 Å². The molecule has 0 saturated carbocycles. The minimum absolute atomic E-state index is 0.205. The van der Waals surface area contributed by atoms with Gasteiger partial charge in [-0.05, 0) is 20.0 Å². The van der Waals surface area contributed by atoms with Crippen LogP contribution in [-0.4, -0.2) is 37.8 Å². The minimum atomic E-state index is -3.37. The molecule has 1 aromatic rings. The van der Waals surface area contributed by atoms with E-state index in [0.717, 1.165) is 13.0 Å². The highest BCUT2D eigenvalue weighted by atomic mass is 32.2. The molecule has 1 rings (SSSR count). The van der Waals surface area contributed by atoms with Crippen LogP contribution in [0.5, 0.6) is 0 Å². The molecule has 0 radical (unpaired) electrons. The number of nitrogens with one attached hydrogen (secondary N) is 2. The first kappa shape index (κ1) is 14.1. The van der Waals surface area contributed by atoms with E-state index in [1.807, 2.05) is 0 Å². The quantitative estimate of drug-likeness (QED) is 0.686. The van der Waals surface area contributed by atoms with Crippen molar-refractivity contribution in [3.8, 4) is 0 Å². The van der Waals surface area contributed by atoms with Crippen molar-refractivity contribution < 1.29 is 8.42 Å². The SMILES string of the molecule is CNS(=O)(=O)c1cnn(CCCNC(C)C)c1. The summed E-state index contributed by atoms with van der Waals surface area (Å²) in [4.78, 5) is 0.205. The molecule has 0 unspecified atom stereocenters. The number of aryl methyl sites for hydroxylation is 1. The molecule has 6 nitrogen and oxygen atoms in total. The lowest BCUT2D eigenvalue weighted by atomic mass is 10.3. The highest BCUT2D eigenvalue weighted by Crippen LogP contribution is 2.06. The molecule has 1 heterocycles. The Bertz CT molecular complexity index is 439. The standard InChI is InChI=1S/C10H20N4O2S/c1-9(2)12-5-4-6-14-8-10(7-13-14)17(15,16)11-3/h7-9,11-12H,4-6H2,1-3H3. The maximum Gasteiger partial charge on any atom is 0.243 e. The first-order valence-corrected chi connectivity index (χ1v) is 7.13. The van der Waals surface area contributed by atoms with Crippen LogP contribution < -0.4 is 10.0 Å². The van der Waals surface area contributed by atoms with Crippen molar-refractivity contribution in [3.63, 3.8) is 0 Å². The van der Waals surface area contributed by atoms with E-state index in [-0.39, 0.29) is 4.90 Å². The van der Waals surface area contributed by atoms with Gasteiger partial charge in [-0.2, -0.15) is 5.10 Å². The van der Waals surface area contributed by atoms with Crippen LogP contribution in [0.2, 0.25) is 0 Å². The first-order chi connectivity index (χ1) is 7.95. The Morgan fingerprint density at radius 3 is 2.76 bits per heavy atom. The second-order valence-corrected chi connectivity index (χ2v) is 6.00. The lowest BCUT2D eigenvalue weighted by Gasteiger charge is -2.07. The molecule has 98 valence electrons. The molecule has 0 aliphatic carbocycles. The van der Waals surface area contributed by atoms with Gasteiger partial charge in [0.15, 0.2) is 0 Å². The fourth-order valence-corrected chi connectivity index (χ4v) is 2.04. The topological polar surface area (TPSA) is 76.0 Å². The lowest BCUT2D eigenvalue weighted by Crippen LogP contribution is -2.24. The van der Waals surface area contributed by atoms with E-state index in [1.165, 1.54) is 13.2 Å². The van der Waals surface area contributed by atoms with Crippen LogP contribution in [-0.2, 0) is 16.6 Å². The molecule has 0 aliphatic rings. The minimum Gasteiger partial charge on any atom is -0.314 e. The molecule has 0 amide bonds. The van der Waals surface area contributed by atoms with Gasteiger partial charge in [-0.15, -0.1) is 0 Å². The number of hydrogen-bond acceptors (Lipinski definition) is 4. The van der Waals surface area contributed by atoms with Crippen LogP contribution in [0.25, 0.3) is 0 Å². The van der Waals surface area contributed by atoms with Crippen molar-refractivity contribution in [2.75, 3.05) is 13.6 Å². The molecule has 0 aromatic carbocycles. The Labute approximate surface area is 102 Å². The predicted octanol–water partition coefficient (Wildman–Crippen LogP) is 0.179. The van der Waals surface area contributed by atoms with E-state index in [0.29, 0.717) is 12.6 Å². The normalized spacial score (nSPS) is 12.2. The molecular weight excluding hydrogens is 240 g/mol. The smallest absolute Gasteiger partial charge is 0.243 e. The van der Waals surface area contributed by atoms with Gasteiger partial charge in [-0.3, -0.25) is 4.68 Å². The number of sulfonamides is 1. The van der Waals surface area contributed by atoms with Gasteiger partial charge in [0, 0.05) is 18.8 Å². The molecular formula is C10H20N4O2S. The summed E-state index contributed by atoms with van der Waals surface area (Å²) in [5, 5.41) is 7.31. The fraction of sp³-hybridized carbons (Fsp3) is 0.700. The molecule has 0 spiro atoms. The van der Waals surface area contributed by atoms with Crippen molar-refractivity contribution in [2.45, 2.75) is 37.8 Å². The number of aromatic nitrogens is 2. The third-order valence-electron chi connectivity index (χ3n) is 2.31. The summed E-state index contributed by atoms with van der Waals surface area (Å²) in [5.74, 6) is 0. The van der Waals surface area contributed by atoms with Crippen molar-refractivity contribution >= 4 is 10.0 Å². The van der Waals surface area contributed by atoms with Gasteiger partial charge >= 0.3 is 0 Å². The van der Waals surface area contributed by atoms with Crippen molar-refractivity contribution in [1.82, 2.24) is 19.8 Å². The zero-order valence-corrected chi connectivity index (χ0v) is 11.3. The summed E-state index contributed by atoms with van der Waals surface area (Å²) in [5.41, 5.74) is 0. The van der Waals surface area contributed by atoms with Gasteiger partial charge in [0.2, 0.25) is 10.0 Å². The third-order valence-corrected chi connectivity index (χ3v) is 3.67. The Morgan fingerprint density at radius 2 is 2.18 bits per heavy atom. The molecule has 17 heavy (non-hydrogen) atoms. The monoisotopic (exact) mass is 260 g/mol. The van der Waals surface area contributed by atoms with Crippen LogP contribution in [0.15, 0.2) is 17.3 Å². The number of rotatable bonds is 7. The average Bonchev–Trinajstić information content (AvgIpc) is 2.73. The summed E-state index contributed by atoms with van der Waals surface area (Å²) in [6.07, 6.45) is 3.82. The van der Waals surface area contributed by atoms with Gasteiger partial charge in [-0.25, -0.2) is 13.1 Å². The van der Waals surface area contributed by atoms with Crippen LogP contribution in [0.3, 0.4) is 0 Å². The van der Waals surface area contributed by atoms with E-state index < -0.39 is 10.0 Å². The van der Waals surface area contributed by atoms with Gasteiger partial charge in [0.05, 0.1) is 6.20 Å². The molecule has 1 aromatic heterocycles. The molecule has 7 heteroatoms. The van der Waals surface area contributed by atoms with E-state index in [2.05, 4.69) is 29.0 Å². The number of nitrogens with zero attached hydrogens (tertiary/aromatic N) is 2. The molecule has 0 fully saturated rings. The van der Waals surface area contributed by atoms with Gasteiger partial charge in [-0.1, -0.05) is 13.8 Å². The maximum atomic E-state index is 11.5. The van der Waals surface area contributed by atoms with Crippen LogP contribution in [0, 0.1) is 0 Å². The average molecular weight is 260 g/mol. The Hall–Kier alpha value is -0.920. The summed E-state index contributed by atoms with van der Waals surface area (Å²) >= 11 is 0. The maximum absolute atomic E-state index is 11.5. The van der Waals surface area contributed by atoms with E-state index in [9.17, 15) is 8.42 Å². The highest BCUT2D eigenvalue weighted by Gasteiger charge is 2.13. The van der Waals surface area contributed by atoms with Crippen molar-refractivity contribution in [2.24, 2.45) is 0 Å². The van der Waals surface area contributed by atoms with E-state index in [1.54, 1.807) is 10.9 Å². The van der Waals surface area contributed by atoms with Crippen LogP contribution >= 0.6 is 0 Å². The molecule has 0 bridgehead atoms. The van der Waals surface area contributed by atoms with Gasteiger partial charge in [0.1, 0.15) is 4.90 Å². The molecule has 0 saturated heterocycles. The zero-order chi connectivity index (χ0) is 12.9. The third kappa shape index (κ3) is 4.45. The first-order valence-electron chi connectivity index (χ1n) is 5.65. The molecule has 2 N–H and O–H groups in total. The second kappa shape index (κ2) is 6.13. The Kier molecular flexibility index (Phi) is 5.10. The van der Waals surface area contributed by atoms with E-state index in [4.69, 9.17) is 0 Å². The largest absolute Gasteiger partial charge is 0.314 e. The van der Waals surface area contributed by atoms with Crippen LogP contribution in [0.1, 0.15) is 20.3 Å². The fourth-order valence-electron chi connectivity index (χ4n) is 1.36. The summed E-state index contributed by atoms with van der Waals surface area (Å²) in [6.45, 7) is 5.78. The van der Waals surface area contributed by atoms with Gasteiger partial charge in [0.25, 0.3) is 0 Å². The molecule has 0 atom stereocenters. The van der Waals surface area contributed by atoms with Crippen molar-refractivity contribution in [1.29, 1.82) is 0 Å². The van der Waals surface area contributed by atoms with Crippen LogP contribution in [0.4, 0.5) is 0 Å². The summed E-state index contributed by atoms with van der Waals surface area (Å²) in [7, 11) is -1.98. The summed E-state index contributed by atoms with van der Waals surface area (Å²) in [6, 6.07) is 0.466. The molecule has 0 aliphatic heterocycles. The van der Waals surface area contributed by atoms with E-state index >= 15 is 0 Å². The highest BCUT2D eigenvalue weighted by molar-refractivity contribution is 7.89. The zero-order valence-electron chi connectivity index (χ0n) is 10.5. The summed E-state index contributed by atoms with van der Waals surface area (Å²) < 4.78 is 26.8. The Morgan fingerprint density at radius 1 is 1.47 bits per heavy atom. The lowest BCUT2D eigenvalue weighted by molar-refractivity contribution is 0.513. The predicted molar refractivity (Wildman–Crippen MR) is 66.2 cm³/mol. The second-order valence-electron chi connectivity index (χ2n) is 4.11. The number of hydrogen-bond donors (Lipinski definition) is 2.